The number of carbonyl (C=O) groups is 3. The predicted octanol–water partition coefficient (Wildman–Crippen LogP) is 1.02. The third-order valence-electron chi connectivity index (χ3n) is 3.08. The molecule has 3 N–H and O–H groups in total. The molecule has 1 aromatic rings. The Bertz CT molecular complexity index is 704. The molecule has 0 fully saturated rings. The average molecular weight is 344 g/mol. The fourth-order valence-electron chi connectivity index (χ4n) is 1.85. The molecule has 8 heteroatoms. The zero-order valence-corrected chi connectivity index (χ0v) is 14.1. The number of benzene rings is 1. The van der Waals surface area contributed by atoms with Crippen LogP contribution in [0, 0.1) is 11.3 Å². The number of carbonyl (C=O) groups excluding carboxylic acids is 3. The molecule has 0 saturated carbocycles. The third-order valence-corrected chi connectivity index (χ3v) is 3.08. The van der Waals surface area contributed by atoms with Crippen LogP contribution in [0.2, 0.25) is 0 Å². The number of hydrogen-bond donors (Lipinski definition) is 2. The zero-order valence-electron chi connectivity index (χ0n) is 14.1. The summed E-state index contributed by atoms with van der Waals surface area (Å²) < 4.78 is 4.87. The molecule has 0 unspecified atom stereocenters. The van der Waals surface area contributed by atoms with Crippen LogP contribution in [-0.2, 0) is 14.3 Å². The topological polar surface area (TPSA) is 126 Å². The van der Waals surface area contributed by atoms with Gasteiger partial charge >= 0.3 is 5.97 Å². The molecule has 0 aromatic heterocycles. The van der Waals surface area contributed by atoms with Crippen LogP contribution in [0.1, 0.15) is 24.2 Å². The van der Waals surface area contributed by atoms with Crippen molar-refractivity contribution >= 4 is 23.5 Å². The van der Waals surface area contributed by atoms with Gasteiger partial charge in [-0.15, -0.1) is 0 Å². The smallest absolute Gasteiger partial charge is 0.338 e. The number of nitriles is 1. The molecule has 8 nitrogen and oxygen atoms in total. The first-order valence-corrected chi connectivity index (χ1v) is 7.60. The lowest BCUT2D eigenvalue weighted by atomic mass is 10.2. The second kappa shape index (κ2) is 9.85. The molecule has 0 spiro atoms. The Morgan fingerprint density at radius 2 is 1.96 bits per heavy atom. The molecule has 0 saturated heterocycles. The van der Waals surface area contributed by atoms with E-state index in [0.717, 1.165) is 6.20 Å². The lowest BCUT2D eigenvalue weighted by Gasteiger charge is -2.15. The van der Waals surface area contributed by atoms with Crippen LogP contribution >= 0.6 is 0 Å². The minimum Gasteiger partial charge on any atom is -0.462 e. The third kappa shape index (κ3) is 6.08. The molecule has 0 heterocycles. The van der Waals surface area contributed by atoms with Crippen LogP contribution in [0.4, 0.5) is 5.69 Å². The van der Waals surface area contributed by atoms with E-state index in [1.54, 1.807) is 13.0 Å². The van der Waals surface area contributed by atoms with Gasteiger partial charge in [0.2, 0.25) is 5.91 Å². The van der Waals surface area contributed by atoms with E-state index in [1.807, 2.05) is 0 Å². The van der Waals surface area contributed by atoms with Gasteiger partial charge in [-0.1, -0.05) is 0 Å². The van der Waals surface area contributed by atoms with E-state index in [9.17, 15) is 14.4 Å². The predicted molar refractivity (Wildman–Crippen MR) is 91.2 cm³/mol. The van der Waals surface area contributed by atoms with Crippen LogP contribution in [0.5, 0.6) is 0 Å². The van der Waals surface area contributed by atoms with Gasteiger partial charge in [0.15, 0.2) is 0 Å². The summed E-state index contributed by atoms with van der Waals surface area (Å²) in [6.45, 7) is 3.68. The highest BCUT2D eigenvalue weighted by Crippen LogP contribution is 2.12. The second-order valence-electron chi connectivity index (χ2n) is 4.91. The monoisotopic (exact) mass is 344 g/mol. The van der Waals surface area contributed by atoms with Crippen molar-refractivity contribution in [3.8, 4) is 6.07 Å². The van der Waals surface area contributed by atoms with Crippen LogP contribution in [0.3, 0.4) is 0 Å². The van der Waals surface area contributed by atoms with E-state index in [4.69, 9.17) is 15.7 Å². The van der Waals surface area contributed by atoms with Crippen molar-refractivity contribution in [3.63, 3.8) is 0 Å². The standard InChI is InChI=1S/C17H20N4O4/c1-3-25-17(24)13-4-6-15(7-5-13)20-16(23)14(10-19)11-21(9-8-18)12(2)22/h4-7,11H,3,8-9,18H2,1-2H3,(H,20,23)/b14-11-. The van der Waals surface area contributed by atoms with Gasteiger partial charge in [-0.25, -0.2) is 4.79 Å². The summed E-state index contributed by atoms with van der Waals surface area (Å²) in [6.07, 6.45) is 1.16. The van der Waals surface area contributed by atoms with E-state index in [1.165, 1.54) is 36.1 Å². The molecular weight excluding hydrogens is 324 g/mol. The molecule has 1 rings (SSSR count). The first-order chi connectivity index (χ1) is 11.9. The molecule has 0 aliphatic rings. The van der Waals surface area contributed by atoms with Crippen molar-refractivity contribution in [3.05, 3.63) is 41.6 Å². The number of ether oxygens (including phenoxy) is 1. The summed E-state index contributed by atoms with van der Waals surface area (Å²) in [5.41, 5.74) is 5.91. The molecule has 1 aromatic carbocycles. The van der Waals surface area contributed by atoms with E-state index in [0.29, 0.717) is 11.3 Å². The molecule has 0 aliphatic carbocycles. The zero-order chi connectivity index (χ0) is 18.8. The van der Waals surface area contributed by atoms with Crippen molar-refractivity contribution in [1.82, 2.24) is 4.90 Å². The Morgan fingerprint density at radius 3 is 2.44 bits per heavy atom. The highest BCUT2D eigenvalue weighted by Gasteiger charge is 2.14. The number of nitrogens with zero attached hydrogens (tertiary/aromatic N) is 2. The van der Waals surface area contributed by atoms with Crippen LogP contribution in [-0.4, -0.2) is 42.4 Å². The maximum absolute atomic E-state index is 12.2. The van der Waals surface area contributed by atoms with E-state index in [2.05, 4.69) is 5.32 Å². The van der Waals surface area contributed by atoms with E-state index < -0.39 is 11.9 Å². The van der Waals surface area contributed by atoms with Gasteiger partial charge in [-0.3, -0.25) is 9.59 Å². The first kappa shape index (κ1) is 19.9. The van der Waals surface area contributed by atoms with E-state index >= 15 is 0 Å². The number of hydrogen-bond acceptors (Lipinski definition) is 6. The first-order valence-electron chi connectivity index (χ1n) is 7.60. The quantitative estimate of drug-likeness (QED) is 0.432. The molecular formula is C17H20N4O4. The van der Waals surface area contributed by atoms with Crippen molar-refractivity contribution < 1.29 is 19.1 Å². The molecule has 2 amide bonds. The number of esters is 1. The normalized spacial score (nSPS) is 10.6. The van der Waals surface area contributed by atoms with Crippen molar-refractivity contribution in [2.75, 3.05) is 25.0 Å². The summed E-state index contributed by atoms with van der Waals surface area (Å²) in [6, 6.07) is 7.78. The lowest BCUT2D eigenvalue weighted by molar-refractivity contribution is -0.126. The van der Waals surface area contributed by atoms with Crippen LogP contribution in [0.15, 0.2) is 36.0 Å². The SMILES string of the molecule is CCOC(=O)c1ccc(NC(=O)/C(C#N)=C\N(CCN)C(C)=O)cc1. The van der Waals surface area contributed by atoms with Gasteiger partial charge in [-0.2, -0.15) is 5.26 Å². The maximum Gasteiger partial charge on any atom is 0.338 e. The van der Waals surface area contributed by atoms with Gasteiger partial charge in [0.25, 0.3) is 5.91 Å². The molecule has 0 bridgehead atoms. The average Bonchev–Trinajstić information content (AvgIpc) is 2.59. The summed E-state index contributed by atoms with van der Waals surface area (Å²) >= 11 is 0. The van der Waals surface area contributed by atoms with E-state index in [-0.39, 0.29) is 31.2 Å². The van der Waals surface area contributed by atoms with Crippen molar-refractivity contribution in [1.29, 1.82) is 5.26 Å². The Kier molecular flexibility index (Phi) is 7.82. The van der Waals surface area contributed by atoms with Crippen LogP contribution < -0.4 is 11.1 Å². The lowest BCUT2D eigenvalue weighted by Crippen LogP contribution is -2.30. The summed E-state index contributed by atoms with van der Waals surface area (Å²) in [5, 5.41) is 11.7. The van der Waals surface area contributed by atoms with Crippen LogP contribution in [0.25, 0.3) is 0 Å². The highest BCUT2D eigenvalue weighted by molar-refractivity contribution is 6.06. The molecule has 0 aliphatic heterocycles. The molecule has 25 heavy (non-hydrogen) atoms. The number of rotatable bonds is 7. The van der Waals surface area contributed by atoms with Gasteiger partial charge < -0.3 is 20.7 Å². The molecule has 0 atom stereocenters. The summed E-state index contributed by atoms with van der Waals surface area (Å²) in [4.78, 5) is 36.4. The molecule has 0 radical (unpaired) electrons. The van der Waals surface area contributed by atoms with Crippen molar-refractivity contribution in [2.24, 2.45) is 5.73 Å². The highest BCUT2D eigenvalue weighted by atomic mass is 16.5. The van der Waals surface area contributed by atoms with Crippen molar-refractivity contribution in [2.45, 2.75) is 13.8 Å². The molecule has 132 valence electrons. The fourth-order valence-corrected chi connectivity index (χ4v) is 1.85. The number of nitrogens with two attached hydrogens (primary N) is 1. The summed E-state index contributed by atoms with van der Waals surface area (Å²) in [7, 11) is 0. The summed E-state index contributed by atoms with van der Waals surface area (Å²) in [5.74, 6) is -1.46. The Hall–Kier alpha value is -3.18. The largest absolute Gasteiger partial charge is 0.462 e. The van der Waals surface area contributed by atoms with Gasteiger partial charge in [0.05, 0.1) is 12.2 Å². The number of amides is 2. The number of nitrogens with one attached hydrogen (secondary N) is 1. The van der Waals surface area contributed by atoms with Gasteiger partial charge in [-0.05, 0) is 31.2 Å². The maximum atomic E-state index is 12.2. The van der Waals surface area contributed by atoms with Gasteiger partial charge in [0, 0.05) is 31.9 Å². The second-order valence-corrected chi connectivity index (χ2v) is 4.91. The Balaban J connectivity index is 2.87. The Labute approximate surface area is 145 Å². The minimum absolute atomic E-state index is 0.196. The van der Waals surface area contributed by atoms with Gasteiger partial charge in [0.1, 0.15) is 11.6 Å². The fraction of sp³-hybridized carbons (Fsp3) is 0.294. The number of anilines is 1. The minimum atomic E-state index is -0.672. The Morgan fingerprint density at radius 1 is 1.32 bits per heavy atom.